The monoisotopic (exact) mass is 679 g/mol. The average molecular weight is 680 g/mol. The maximum atomic E-state index is 12.8. The third-order valence-electron chi connectivity index (χ3n) is 11.4. The third kappa shape index (κ3) is 6.33. The highest BCUT2D eigenvalue weighted by Crippen LogP contribution is 2.58. The molecule has 12 rings (SSSR count). The van der Waals surface area contributed by atoms with Crippen molar-refractivity contribution >= 4 is 67.4 Å². The molecule has 0 radical (unpaired) electrons. The van der Waals surface area contributed by atoms with E-state index in [1.807, 2.05) is 41.9 Å². The number of para-hydroxylation sites is 2. The standard InChI is InChI=1S/C18H20N2OS.C9H16N2.C7H5NS.CO2.ClH/c21-15(17-19-14-3-1-2-4-16(14)22-17)11-13-12-5-9-20(10-6-12)18(13)7-8-18;10-8-7-1-5-11(6-2-7)9(8)3-4-9;1-2-4-7-6(3-1)8-5-9-7;2-1-3;/h1-4,12-13H,5-11H2;7-8H,1-6,10H2;1-5H;;1H/t13-;8-;;;/m00.../s1. The first-order valence-electron chi connectivity index (χ1n) is 16.4. The van der Waals surface area contributed by atoms with Crippen LogP contribution in [-0.2, 0) is 9.59 Å². The van der Waals surface area contributed by atoms with Crippen LogP contribution >= 0.6 is 35.1 Å². The number of thiazole rings is 2. The first-order valence-corrected chi connectivity index (χ1v) is 18.1. The van der Waals surface area contributed by atoms with Crippen molar-refractivity contribution in [3.05, 3.63) is 59.0 Å². The van der Waals surface area contributed by atoms with Gasteiger partial charge in [-0.2, -0.15) is 9.59 Å². The molecule has 8 heterocycles. The third-order valence-corrected chi connectivity index (χ3v) is 13.3. The molecule has 4 bridgehead atoms. The highest BCUT2D eigenvalue weighted by Gasteiger charge is 2.60. The van der Waals surface area contributed by atoms with Gasteiger partial charge in [0.25, 0.3) is 0 Å². The quantitative estimate of drug-likeness (QED) is 0.246. The van der Waals surface area contributed by atoms with Gasteiger partial charge in [-0.1, -0.05) is 24.3 Å². The summed E-state index contributed by atoms with van der Waals surface area (Å²) in [5.41, 5.74) is 11.1. The number of benzene rings is 2. The summed E-state index contributed by atoms with van der Waals surface area (Å²) in [5.74, 6) is 2.48. The number of carbonyl (C=O) groups is 1. The van der Waals surface area contributed by atoms with Crippen LogP contribution in [0.15, 0.2) is 54.0 Å². The van der Waals surface area contributed by atoms with Crippen LogP contribution in [0.3, 0.4) is 0 Å². The molecule has 4 aromatic rings. The van der Waals surface area contributed by atoms with Crippen LogP contribution in [0, 0.1) is 17.8 Å². The van der Waals surface area contributed by atoms with Crippen molar-refractivity contribution in [1.29, 1.82) is 0 Å². The predicted octanol–water partition coefficient (Wildman–Crippen LogP) is 6.45. The van der Waals surface area contributed by atoms with E-state index in [1.165, 1.54) is 82.2 Å². The number of nitrogens with two attached hydrogens (primary N) is 1. The Morgan fingerprint density at radius 2 is 1.37 bits per heavy atom. The molecule has 6 aliphatic heterocycles. The summed E-state index contributed by atoms with van der Waals surface area (Å²) in [7, 11) is 0. The van der Waals surface area contributed by atoms with Gasteiger partial charge in [-0.15, -0.1) is 35.1 Å². The molecule has 11 heteroatoms. The fourth-order valence-electron chi connectivity index (χ4n) is 8.81. The zero-order valence-corrected chi connectivity index (χ0v) is 28.5. The number of hydrogen-bond acceptors (Lipinski definition) is 10. The molecule has 8 nitrogen and oxygen atoms in total. The average Bonchev–Trinajstić information content (AvgIpc) is 3.94. The lowest BCUT2D eigenvalue weighted by molar-refractivity contribution is -0.191. The lowest BCUT2D eigenvalue weighted by Crippen LogP contribution is -2.63. The number of halogens is 1. The SMILES string of the molecule is Cl.N[C@H]1C2CCN(CC2)C12CC2.O=C(C[C@H]1C2CCN(CC2)C12CC2)c1nc2ccccc2s1.O=C=O.c1ccc2scnc2c1. The lowest BCUT2D eigenvalue weighted by atomic mass is 9.70. The minimum absolute atomic E-state index is 0. The highest BCUT2D eigenvalue weighted by atomic mass is 35.5. The Morgan fingerprint density at radius 3 is 1.91 bits per heavy atom. The van der Waals surface area contributed by atoms with E-state index in [1.54, 1.807) is 22.7 Å². The number of hydrogen-bond donors (Lipinski definition) is 1. The Morgan fingerprint density at radius 1 is 0.826 bits per heavy atom. The molecule has 2 spiro atoms. The molecular weight excluding hydrogens is 638 g/mol. The van der Waals surface area contributed by atoms with E-state index < -0.39 is 0 Å². The van der Waals surface area contributed by atoms with E-state index in [0.717, 1.165) is 27.6 Å². The molecule has 0 unspecified atom stereocenters. The van der Waals surface area contributed by atoms with E-state index in [2.05, 4.69) is 31.9 Å². The lowest BCUT2D eigenvalue weighted by Gasteiger charge is -2.52. The van der Waals surface area contributed by atoms with Gasteiger partial charge in [0.15, 0.2) is 10.8 Å². The van der Waals surface area contributed by atoms with Crippen LogP contribution in [-0.4, -0.2) is 75.0 Å². The van der Waals surface area contributed by atoms with Crippen molar-refractivity contribution in [3.63, 3.8) is 0 Å². The first-order chi connectivity index (χ1) is 22.0. The topological polar surface area (TPSA) is 109 Å². The van der Waals surface area contributed by atoms with E-state index in [-0.39, 0.29) is 24.3 Å². The number of Topliss-reactive ketones (excluding diaryl/α,β-unsaturated/α-hetero) is 1. The van der Waals surface area contributed by atoms with Crippen molar-refractivity contribution in [2.24, 2.45) is 23.5 Å². The van der Waals surface area contributed by atoms with E-state index in [9.17, 15) is 4.79 Å². The molecule has 46 heavy (non-hydrogen) atoms. The zero-order chi connectivity index (χ0) is 31.0. The number of fused-ring (bicyclic) bond motifs is 6. The molecule has 6 saturated heterocycles. The second-order valence-electron chi connectivity index (χ2n) is 13.5. The van der Waals surface area contributed by atoms with Crippen molar-refractivity contribution < 1.29 is 14.4 Å². The molecule has 2 saturated carbocycles. The fraction of sp³-hybridized carbons (Fsp3) is 0.543. The molecule has 244 valence electrons. The second kappa shape index (κ2) is 13.9. The van der Waals surface area contributed by atoms with Gasteiger partial charge in [0.05, 0.1) is 25.9 Å². The summed E-state index contributed by atoms with van der Waals surface area (Å²) in [6, 6.07) is 16.7. The second-order valence-corrected chi connectivity index (χ2v) is 15.4. The van der Waals surface area contributed by atoms with Gasteiger partial charge in [0.2, 0.25) is 0 Å². The Hall–Kier alpha value is -2.56. The van der Waals surface area contributed by atoms with Crippen molar-refractivity contribution in [2.75, 3.05) is 26.2 Å². The summed E-state index contributed by atoms with van der Waals surface area (Å²) < 4.78 is 2.39. The summed E-state index contributed by atoms with van der Waals surface area (Å²) in [6.07, 6.45) is 11.6. The molecule has 2 atom stereocenters. The summed E-state index contributed by atoms with van der Waals surface area (Å²) in [4.78, 5) is 43.1. The van der Waals surface area contributed by atoms with Crippen molar-refractivity contribution in [3.8, 4) is 0 Å². The number of piperidine rings is 6. The van der Waals surface area contributed by atoms with Gasteiger partial charge < -0.3 is 5.73 Å². The number of carbonyl (C=O) groups excluding carboxylic acids is 3. The Bertz CT molecular complexity index is 1610. The van der Waals surface area contributed by atoms with Crippen LogP contribution in [0.5, 0.6) is 0 Å². The molecule has 8 fully saturated rings. The maximum Gasteiger partial charge on any atom is 0.373 e. The van der Waals surface area contributed by atoms with Crippen LogP contribution in [0.25, 0.3) is 20.4 Å². The molecule has 2 aromatic carbocycles. The number of aromatic nitrogens is 2. The van der Waals surface area contributed by atoms with Crippen LogP contribution in [0.1, 0.15) is 67.6 Å². The minimum Gasteiger partial charge on any atom is -0.326 e. The predicted molar refractivity (Wildman–Crippen MR) is 184 cm³/mol. The molecule has 0 amide bonds. The van der Waals surface area contributed by atoms with Gasteiger partial charge in [0, 0.05) is 23.5 Å². The smallest absolute Gasteiger partial charge is 0.326 e. The maximum absolute atomic E-state index is 12.8. The Labute approximate surface area is 284 Å². The highest BCUT2D eigenvalue weighted by molar-refractivity contribution is 7.20. The van der Waals surface area contributed by atoms with Gasteiger partial charge >= 0.3 is 6.15 Å². The zero-order valence-electron chi connectivity index (χ0n) is 26.0. The van der Waals surface area contributed by atoms with E-state index in [0.29, 0.717) is 34.5 Å². The summed E-state index contributed by atoms with van der Waals surface area (Å²) in [5, 5.41) is 0.716. The Balaban J connectivity index is 0.000000129. The summed E-state index contributed by atoms with van der Waals surface area (Å²) in [6.45, 7) is 5.18. The largest absolute Gasteiger partial charge is 0.373 e. The molecular formula is C35H42ClN5O3S2. The molecule has 2 aliphatic carbocycles. The first kappa shape index (κ1) is 33.3. The fourth-order valence-corrected chi connectivity index (χ4v) is 10.4. The minimum atomic E-state index is 0. The van der Waals surface area contributed by atoms with Crippen LogP contribution in [0.2, 0.25) is 0 Å². The van der Waals surface area contributed by atoms with Gasteiger partial charge in [0.1, 0.15) is 0 Å². The van der Waals surface area contributed by atoms with E-state index in [4.69, 9.17) is 15.3 Å². The van der Waals surface area contributed by atoms with Crippen molar-refractivity contribution in [2.45, 2.75) is 74.9 Å². The summed E-state index contributed by atoms with van der Waals surface area (Å²) >= 11 is 3.24. The normalized spacial score (nSPS) is 29.7. The molecule has 2 N–H and O–H groups in total. The number of rotatable bonds is 3. The number of nitrogens with zero attached hydrogens (tertiary/aromatic N) is 4. The number of ketones is 1. The molecule has 2 aromatic heterocycles. The van der Waals surface area contributed by atoms with Gasteiger partial charge in [-0.3, -0.25) is 14.6 Å². The van der Waals surface area contributed by atoms with E-state index >= 15 is 0 Å². The van der Waals surface area contributed by atoms with Crippen LogP contribution < -0.4 is 5.73 Å². The van der Waals surface area contributed by atoms with Gasteiger partial charge in [-0.25, -0.2) is 9.97 Å². The van der Waals surface area contributed by atoms with Crippen LogP contribution in [0.4, 0.5) is 0 Å². The van der Waals surface area contributed by atoms with Gasteiger partial charge in [-0.05, 0) is 120 Å². The Kier molecular flexibility index (Phi) is 10.1. The molecule has 8 aliphatic rings. The van der Waals surface area contributed by atoms with Crippen molar-refractivity contribution in [1.82, 2.24) is 19.8 Å².